The van der Waals surface area contributed by atoms with Crippen molar-refractivity contribution in [3.63, 3.8) is 0 Å². The molecular weight excluding hydrogens is 721 g/mol. The fourth-order valence-corrected chi connectivity index (χ4v) is 10.2. The van der Waals surface area contributed by atoms with Crippen molar-refractivity contribution in [2.75, 3.05) is 15.8 Å². The Morgan fingerprint density at radius 2 is 1.77 bits per heavy atom. The molecule has 2 aliphatic rings. The van der Waals surface area contributed by atoms with Gasteiger partial charge in [0.2, 0.25) is 0 Å². The summed E-state index contributed by atoms with van der Waals surface area (Å²) in [5, 5.41) is 1.19. The zero-order valence-electron chi connectivity index (χ0n) is 24.1. The van der Waals surface area contributed by atoms with Gasteiger partial charge in [-0.1, -0.05) is 0 Å². The van der Waals surface area contributed by atoms with E-state index in [1.807, 2.05) is 60.4 Å². The van der Waals surface area contributed by atoms with E-state index in [2.05, 4.69) is 6.58 Å². The minimum absolute atomic E-state index is 0.0367. The molecule has 2 unspecified atom stereocenters. The average molecular weight is 757 g/mol. The Balaban J connectivity index is 1.70. The second-order valence-electron chi connectivity index (χ2n) is 11.6. The van der Waals surface area contributed by atoms with Crippen LogP contribution in [-0.4, -0.2) is 36.7 Å². The van der Waals surface area contributed by atoms with E-state index in [1.165, 1.54) is 22.5 Å². The topological polar surface area (TPSA) is 57.7 Å². The third-order valence-electron chi connectivity index (χ3n) is 8.62. The maximum absolute atomic E-state index is 14.8. The van der Waals surface area contributed by atoms with E-state index in [4.69, 9.17) is 23.2 Å². The van der Waals surface area contributed by atoms with Gasteiger partial charge in [-0.25, -0.2) is 0 Å². The SMILES string of the molecule is C=CC[C@@]1(C)CC(c2cccc(Cl)c2)C(c2ccc(Cl)cc2)N([C@H](CN(c2cccc(F)c2)S(=O)(=O)[I-]C)C2CC2)C1=O. The standard InChI is InChI=1S/C33H35Cl2FIN2O3S/c1-4-17-33(2)20-29(24-7-5-8-26(35)18-24)31(23-13-15-25(34)16-14-23)39(32(33)40)30(22-11-12-22)21-38(43(41,42)37-3)28-10-6-9-27(36)19-28/h4-10,13-16,18-19,22,29-31H,1,11-12,17,20-21H2,2-3H3/q-1/t29?,30-,31?,33+/m1/s1. The number of carbonyl (C=O) groups is 1. The Morgan fingerprint density at radius 3 is 2.37 bits per heavy atom. The van der Waals surface area contributed by atoms with Crippen LogP contribution in [0.15, 0.2) is 85.5 Å². The third kappa shape index (κ3) is 6.92. The van der Waals surface area contributed by atoms with Crippen molar-refractivity contribution in [3.05, 3.63) is 112 Å². The predicted octanol–water partition coefficient (Wildman–Crippen LogP) is 5.02. The summed E-state index contributed by atoms with van der Waals surface area (Å²) < 4.78 is 43.0. The molecule has 3 aromatic rings. The fourth-order valence-electron chi connectivity index (χ4n) is 6.40. The van der Waals surface area contributed by atoms with Crippen LogP contribution in [0, 0.1) is 17.2 Å². The number of rotatable bonds is 11. The molecule has 4 atom stereocenters. The molecule has 2 fully saturated rings. The van der Waals surface area contributed by atoms with Crippen LogP contribution in [0.3, 0.4) is 0 Å². The summed E-state index contributed by atoms with van der Waals surface area (Å²) in [7, 11) is -3.70. The quantitative estimate of drug-likeness (QED) is 0.120. The van der Waals surface area contributed by atoms with E-state index in [0.29, 0.717) is 22.9 Å². The molecule has 1 heterocycles. The molecule has 1 saturated heterocycles. The Kier molecular flexibility index (Phi) is 9.81. The number of hydrogen-bond acceptors (Lipinski definition) is 3. The van der Waals surface area contributed by atoms with Gasteiger partial charge in [-0.2, -0.15) is 0 Å². The van der Waals surface area contributed by atoms with Gasteiger partial charge in [0, 0.05) is 0 Å². The molecule has 5 nitrogen and oxygen atoms in total. The molecule has 43 heavy (non-hydrogen) atoms. The number of hydrogen-bond donors (Lipinski definition) is 0. The number of halogens is 4. The minimum atomic E-state index is -3.70. The summed E-state index contributed by atoms with van der Waals surface area (Å²) >= 11 is 11.5. The molecule has 1 amide bonds. The van der Waals surface area contributed by atoms with Crippen molar-refractivity contribution in [2.24, 2.45) is 11.3 Å². The summed E-state index contributed by atoms with van der Waals surface area (Å²) in [5.41, 5.74) is 1.42. The molecule has 0 aromatic heterocycles. The number of anilines is 1. The Labute approximate surface area is 272 Å². The normalized spacial score (nSPS) is 23.3. The Morgan fingerprint density at radius 1 is 1.07 bits per heavy atom. The molecule has 0 spiro atoms. The van der Waals surface area contributed by atoms with Crippen molar-refractivity contribution in [1.29, 1.82) is 0 Å². The van der Waals surface area contributed by atoms with Crippen LogP contribution in [0.4, 0.5) is 10.1 Å². The van der Waals surface area contributed by atoms with Gasteiger partial charge in [-0.15, -0.1) is 0 Å². The molecule has 0 bridgehead atoms. The average Bonchev–Trinajstić information content (AvgIpc) is 3.81. The van der Waals surface area contributed by atoms with Crippen LogP contribution in [-0.2, 0) is 12.0 Å². The van der Waals surface area contributed by atoms with E-state index < -0.39 is 50.3 Å². The van der Waals surface area contributed by atoms with Gasteiger partial charge >= 0.3 is 274 Å². The van der Waals surface area contributed by atoms with Crippen LogP contribution in [0.1, 0.15) is 55.7 Å². The number of piperidine rings is 1. The van der Waals surface area contributed by atoms with Crippen LogP contribution in [0.2, 0.25) is 10.0 Å². The molecule has 10 heteroatoms. The number of likely N-dealkylation sites (tertiary alicyclic amines) is 1. The Bertz CT molecular complexity index is 1600. The molecular formula is C33H35Cl2FIN2O3S-. The molecule has 5 rings (SSSR count). The van der Waals surface area contributed by atoms with Crippen molar-refractivity contribution in [3.8, 4) is 0 Å². The fraction of sp³-hybridized carbons (Fsp3) is 0.364. The maximum atomic E-state index is 14.8. The van der Waals surface area contributed by atoms with Crippen molar-refractivity contribution in [1.82, 2.24) is 4.90 Å². The van der Waals surface area contributed by atoms with E-state index in [1.54, 1.807) is 17.1 Å². The number of carbonyl (C=O) groups excluding carboxylic acids is 1. The van der Waals surface area contributed by atoms with Crippen LogP contribution in [0.5, 0.6) is 0 Å². The van der Waals surface area contributed by atoms with Gasteiger partial charge in [-0.05, 0) is 0 Å². The summed E-state index contributed by atoms with van der Waals surface area (Å²) in [5.74, 6) is -0.583. The van der Waals surface area contributed by atoms with E-state index >= 15 is 0 Å². The monoisotopic (exact) mass is 755 g/mol. The van der Waals surface area contributed by atoms with Gasteiger partial charge in [-0.3, -0.25) is 0 Å². The number of nitrogens with zero attached hydrogens (tertiary/aromatic N) is 2. The van der Waals surface area contributed by atoms with E-state index in [9.17, 15) is 17.6 Å². The first kappa shape index (κ1) is 32.3. The molecule has 0 radical (unpaired) electrons. The first-order valence-corrected chi connectivity index (χ1v) is 21.1. The van der Waals surface area contributed by atoms with Crippen LogP contribution < -0.4 is 24.1 Å². The van der Waals surface area contributed by atoms with Crippen LogP contribution in [0.25, 0.3) is 0 Å². The number of alkyl halides is 1. The van der Waals surface area contributed by atoms with Gasteiger partial charge in [0.15, 0.2) is 0 Å². The van der Waals surface area contributed by atoms with Gasteiger partial charge in [0.1, 0.15) is 0 Å². The summed E-state index contributed by atoms with van der Waals surface area (Å²) in [4.78, 5) is 18.4. The van der Waals surface area contributed by atoms with Gasteiger partial charge in [0.05, 0.1) is 0 Å². The van der Waals surface area contributed by atoms with E-state index in [-0.39, 0.29) is 30.0 Å². The number of amides is 1. The second-order valence-corrected chi connectivity index (χ2v) is 20.1. The second kappa shape index (κ2) is 13.1. The summed E-state index contributed by atoms with van der Waals surface area (Å²) in [6, 6.07) is 20.1. The van der Waals surface area contributed by atoms with Crippen molar-refractivity contribution < 1.29 is 37.4 Å². The zero-order valence-corrected chi connectivity index (χ0v) is 28.6. The van der Waals surface area contributed by atoms with Crippen LogP contribution >= 0.6 is 23.2 Å². The van der Waals surface area contributed by atoms with Crippen molar-refractivity contribution in [2.45, 2.75) is 50.6 Å². The predicted molar refractivity (Wildman–Crippen MR) is 168 cm³/mol. The molecule has 0 N–H and O–H groups in total. The third-order valence-corrected chi connectivity index (χ3v) is 15.1. The number of benzene rings is 3. The first-order chi connectivity index (χ1) is 20.5. The van der Waals surface area contributed by atoms with Crippen molar-refractivity contribution >= 4 is 42.0 Å². The zero-order chi connectivity index (χ0) is 30.9. The van der Waals surface area contributed by atoms with E-state index in [0.717, 1.165) is 24.0 Å². The summed E-state index contributed by atoms with van der Waals surface area (Å²) in [6.45, 7) is 5.99. The summed E-state index contributed by atoms with van der Waals surface area (Å²) in [6.07, 6.45) is 4.56. The number of allylic oxidation sites excluding steroid dienone is 1. The van der Waals surface area contributed by atoms with Gasteiger partial charge < -0.3 is 0 Å². The molecule has 1 saturated carbocycles. The molecule has 1 aliphatic heterocycles. The molecule has 230 valence electrons. The molecule has 1 aliphatic carbocycles. The Hall–Kier alpha value is -2.14. The first-order valence-electron chi connectivity index (χ1n) is 14.2. The molecule has 3 aromatic carbocycles. The van der Waals surface area contributed by atoms with Gasteiger partial charge in [0.25, 0.3) is 0 Å².